The molecule has 6 nitrogen and oxygen atoms in total. The number of aryl methyl sites for hydroxylation is 3. The SMILES string of the molecule is Cc1nc(C)c(CNc2cc(C)c([N+](=O)[O-])cn2)s1. The van der Waals surface area contributed by atoms with Crippen LogP contribution in [0.1, 0.15) is 21.1 Å². The fourth-order valence-corrected chi connectivity index (χ4v) is 2.62. The molecule has 0 unspecified atom stereocenters. The van der Waals surface area contributed by atoms with Crippen molar-refractivity contribution in [1.82, 2.24) is 9.97 Å². The van der Waals surface area contributed by atoms with E-state index < -0.39 is 4.92 Å². The summed E-state index contributed by atoms with van der Waals surface area (Å²) in [6.45, 7) is 6.26. The van der Waals surface area contributed by atoms with Gasteiger partial charge in [0.1, 0.15) is 12.0 Å². The van der Waals surface area contributed by atoms with Gasteiger partial charge < -0.3 is 5.32 Å². The van der Waals surface area contributed by atoms with E-state index in [4.69, 9.17) is 0 Å². The highest BCUT2D eigenvalue weighted by Crippen LogP contribution is 2.21. The van der Waals surface area contributed by atoms with Crippen LogP contribution in [0.25, 0.3) is 0 Å². The van der Waals surface area contributed by atoms with E-state index in [9.17, 15) is 10.1 Å². The number of nitro groups is 1. The lowest BCUT2D eigenvalue weighted by Gasteiger charge is -2.05. The van der Waals surface area contributed by atoms with Crippen LogP contribution in [-0.4, -0.2) is 14.9 Å². The molecule has 0 radical (unpaired) electrons. The Morgan fingerprint density at radius 2 is 2.16 bits per heavy atom. The standard InChI is InChI=1S/C12H14N4O2S/c1-7-4-12(13-5-10(7)16(17)18)14-6-11-8(2)15-9(3)19-11/h4-5H,6H2,1-3H3,(H,13,14). The number of hydrogen-bond acceptors (Lipinski definition) is 6. The van der Waals surface area contributed by atoms with Crippen LogP contribution in [0.4, 0.5) is 11.5 Å². The molecule has 2 rings (SSSR count). The summed E-state index contributed by atoms with van der Waals surface area (Å²) in [7, 11) is 0. The number of aromatic nitrogens is 2. The average Bonchev–Trinajstić information content (AvgIpc) is 2.65. The van der Waals surface area contributed by atoms with Gasteiger partial charge in [-0.3, -0.25) is 10.1 Å². The van der Waals surface area contributed by atoms with E-state index in [-0.39, 0.29) is 5.69 Å². The fraction of sp³-hybridized carbons (Fsp3) is 0.333. The van der Waals surface area contributed by atoms with Crippen molar-refractivity contribution < 1.29 is 4.92 Å². The Labute approximate surface area is 114 Å². The molecular weight excluding hydrogens is 264 g/mol. The lowest BCUT2D eigenvalue weighted by Crippen LogP contribution is -2.02. The Morgan fingerprint density at radius 1 is 1.42 bits per heavy atom. The molecular formula is C12H14N4O2S. The fourth-order valence-electron chi connectivity index (χ4n) is 1.74. The van der Waals surface area contributed by atoms with Gasteiger partial charge in [0.15, 0.2) is 0 Å². The van der Waals surface area contributed by atoms with E-state index in [1.165, 1.54) is 6.20 Å². The van der Waals surface area contributed by atoms with Crippen molar-refractivity contribution in [2.45, 2.75) is 27.3 Å². The van der Waals surface area contributed by atoms with Gasteiger partial charge in [-0.25, -0.2) is 9.97 Å². The number of hydrogen-bond donors (Lipinski definition) is 1. The van der Waals surface area contributed by atoms with Crippen LogP contribution in [0.15, 0.2) is 12.3 Å². The van der Waals surface area contributed by atoms with Gasteiger partial charge in [0.25, 0.3) is 5.69 Å². The van der Waals surface area contributed by atoms with E-state index in [1.54, 1.807) is 24.3 Å². The Kier molecular flexibility index (Phi) is 3.75. The second-order valence-corrected chi connectivity index (χ2v) is 5.50. The number of nitrogens with zero attached hydrogens (tertiary/aromatic N) is 3. The van der Waals surface area contributed by atoms with Crippen LogP contribution in [-0.2, 0) is 6.54 Å². The van der Waals surface area contributed by atoms with Crippen molar-refractivity contribution in [3.8, 4) is 0 Å². The maximum Gasteiger partial charge on any atom is 0.290 e. The molecule has 0 amide bonds. The smallest absolute Gasteiger partial charge is 0.290 e. The van der Waals surface area contributed by atoms with Gasteiger partial charge in [-0.2, -0.15) is 0 Å². The van der Waals surface area contributed by atoms with E-state index in [0.717, 1.165) is 15.6 Å². The third-order valence-electron chi connectivity index (χ3n) is 2.71. The molecule has 19 heavy (non-hydrogen) atoms. The minimum absolute atomic E-state index is 0.0374. The van der Waals surface area contributed by atoms with E-state index >= 15 is 0 Å². The molecule has 0 saturated heterocycles. The summed E-state index contributed by atoms with van der Waals surface area (Å²) >= 11 is 1.64. The van der Waals surface area contributed by atoms with E-state index in [2.05, 4.69) is 15.3 Å². The highest BCUT2D eigenvalue weighted by Gasteiger charge is 2.11. The minimum Gasteiger partial charge on any atom is -0.365 e. The van der Waals surface area contributed by atoms with Gasteiger partial charge >= 0.3 is 0 Å². The molecule has 0 fully saturated rings. The largest absolute Gasteiger partial charge is 0.365 e. The molecule has 1 N–H and O–H groups in total. The van der Waals surface area contributed by atoms with Gasteiger partial charge in [0.2, 0.25) is 0 Å². The number of nitrogens with one attached hydrogen (secondary N) is 1. The number of rotatable bonds is 4. The van der Waals surface area contributed by atoms with Crippen LogP contribution in [0.5, 0.6) is 0 Å². The lowest BCUT2D eigenvalue weighted by atomic mass is 10.2. The van der Waals surface area contributed by atoms with Crippen LogP contribution < -0.4 is 5.32 Å². The molecule has 0 bridgehead atoms. The van der Waals surface area contributed by atoms with Gasteiger partial charge in [-0.15, -0.1) is 11.3 Å². The van der Waals surface area contributed by atoms with Crippen LogP contribution in [0, 0.1) is 30.9 Å². The highest BCUT2D eigenvalue weighted by atomic mass is 32.1. The quantitative estimate of drug-likeness (QED) is 0.687. The maximum absolute atomic E-state index is 10.7. The molecule has 0 spiro atoms. The Hall–Kier alpha value is -2.02. The zero-order chi connectivity index (χ0) is 14.0. The van der Waals surface area contributed by atoms with Crippen molar-refractivity contribution >= 4 is 22.8 Å². The lowest BCUT2D eigenvalue weighted by molar-refractivity contribution is -0.385. The number of thiazole rings is 1. The molecule has 2 aromatic rings. The Morgan fingerprint density at radius 3 is 2.68 bits per heavy atom. The Balaban J connectivity index is 2.10. The second-order valence-electron chi connectivity index (χ2n) is 4.21. The summed E-state index contributed by atoms with van der Waals surface area (Å²) < 4.78 is 0. The summed E-state index contributed by atoms with van der Waals surface area (Å²) in [4.78, 5) is 19.8. The predicted octanol–water partition coefficient (Wildman–Crippen LogP) is 2.98. The van der Waals surface area contributed by atoms with Crippen molar-refractivity contribution in [3.05, 3.63) is 43.5 Å². The van der Waals surface area contributed by atoms with Crippen LogP contribution in [0.2, 0.25) is 0 Å². The molecule has 0 aliphatic rings. The summed E-state index contributed by atoms with van der Waals surface area (Å²) in [5.41, 5.74) is 1.64. The van der Waals surface area contributed by atoms with Crippen LogP contribution in [0.3, 0.4) is 0 Å². The summed E-state index contributed by atoms with van der Waals surface area (Å²) in [6.07, 6.45) is 1.28. The minimum atomic E-state index is -0.428. The molecule has 2 heterocycles. The molecule has 2 aromatic heterocycles. The zero-order valence-corrected chi connectivity index (χ0v) is 11.7. The van der Waals surface area contributed by atoms with Crippen LogP contribution >= 0.6 is 11.3 Å². The molecule has 0 atom stereocenters. The number of pyridine rings is 1. The van der Waals surface area contributed by atoms with Gasteiger partial charge in [0, 0.05) is 10.4 Å². The molecule has 7 heteroatoms. The van der Waals surface area contributed by atoms with E-state index in [0.29, 0.717) is 17.9 Å². The van der Waals surface area contributed by atoms with Crippen molar-refractivity contribution in [2.24, 2.45) is 0 Å². The first kappa shape index (κ1) is 13.4. The number of anilines is 1. The van der Waals surface area contributed by atoms with Gasteiger partial charge in [0.05, 0.1) is 22.2 Å². The topological polar surface area (TPSA) is 81.0 Å². The molecule has 0 aromatic carbocycles. The molecule has 0 aliphatic heterocycles. The second kappa shape index (κ2) is 5.31. The third-order valence-corrected chi connectivity index (χ3v) is 3.78. The average molecular weight is 278 g/mol. The monoisotopic (exact) mass is 278 g/mol. The summed E-state index contributed by atoms with van der Waals surface area (Å²) in [6, 6.07) is 1.68. The highest BCUT2D eigenvalue weighted by molar-refractivity contribution is 7.11. The van der Waals surface area contributed by atoms with Gasteiger partial charge in [-0.1, -0.05) is 0 Å². The van der Waals surface area contributed by atoms with Gasteiger partial charge in [-0.05, 0) is 26.8 Å². The molecule has 0 aliphatic carbocycles. The Bertz CT molecular complexity index is 624. The first-order valence-electron chi connectivity index (χ1n) is 5.75. The first-order chi connectivity index (χ1) is 8.97. The predicted molar refractivity (Wildman–Crippen MR) is 74.5 cm³/mol. The van der Waals surface area contributed by atoms with Crippen molar-refractivity contribution in [3.63, 3.8) is 0 Å². The maximum atomic E-state index is 10.7. The normalized spacial score (nSPS) is 10.5. The first-order valence-corrected chi connectivity index (χ1v) is 6.57. The molecule has 100 valence electrons. The zero-order valence-electron chi connectivity index (χ0n) is 10.9. The van der Waals surface area contributed by atoms with E-state index in [1.807, 2.05) is 13.8 Å². The summed E-state index contributed by atoms with van der Waals surface area (Å²) in [5.74, 6) is 0.633. The summed E-state index contributed by atoms with van der Waals surface area (Å²) in [5, 5.41) is 14.9. The van der Waals surface area contributed by atoms with Crippen molar-refractivity contribution in [2.75, 3.05) is 5.32 Å². The van der Waals surface area contributed by atoms with Crippen molar-refractivity contribution in [1.29, 1.82) is 0 Å². The molecule has 0 saturated carbocycles. The third kappa shape index (κ3) is 3.05.